The van der Waals surface area contributed by atoms with Gasteiger partial charge in [-0.15, -0.1) is 23.1 Å². The van der Waals surface area contributed by atoms with Gasteiger partial charge in [-0.3, -0.25) is 25.1 Å². The van der Waals surface area contributed by atoms with Crippen LogP contribution in [0.2, 0.25) is 0 Å². The largest absolute Gasteiger partial charge is 0.327 e. The van der Waals surface area contributed by atoms with E-state index < -0.39 is 12.1 Å². The number of amides is 4. The second-order valence-corrected chi connectivity index (χ2v) is 8.20. The van der Waals surface area contributed by atoms with E-state index in [-0.39, 0.29) is 35.1 Å². The van der Waals surface area contributed by atoms with Crippen molar-refractivity contribution >= 4 is 46.1 Å². The second kappa shape index (κ2) is 7.91. The lowest BCUT2D eigenvalue weighted by Crippen LogP contribution is -2.74. The van der Waals surface area contributed by atoms with E-state index in [9.17, 15) is 14.4 Å². The Kier molecular flexibility index (Phi) is 5.80. The van der Waals surface area contributed by atoms with Crippen molar-refractivity contribution < 1.29 is 14.4 Å². The van der Waals surface area contributed by atoms with E-state index >= 15 is 0 Å². The Balaban J connectivity index is 1.70. The van der Waals surface area contributed by atoms with Crippen LogP contribution in [0.15, 0.2) is 11.6 Å². The first kappa shape index (κ1) is 19.1. The predicted molar refractivity (Wildman–Crippen MR) is 101 cm³/mol. The summed E-state index contributed by atoms with van der Waals surface area (Å²) >= 11 is 2.72. The fraction of sp³-hybridized carbons (Fsp3) is 0.600. The normalized spacial score (nSPS) is 28.9. The molecular weight excluding hydrogens is 376 g/mol. The summed E-state index contributed by atoms with van der Waals surface area (Å²) in [6.07, 6.45) is 1.98. The van der Waals surface area contributed by atoms with Crippen molar-refractivity contribution in [1.82, 2.24) is 25.4 Å². The summed E-state index contributed by atoms with van der Waals surface area (Å²) in [5, 5.41) is 11.5. The van der Waals surface area contributed by atoms with Gasteiger partial charge in [0.15, 0.2) is 5.13 Å². The molecule has 11 heteroatoms. The minimum absolute atomic E-state index is 0.0396. The maximum Gasteiger partial charge on any atom is 0.327 e. The van der Waals surface area contributed by atoms with E-state index in [4.69, 9.17) is 0 Å². The SMILES string of the molecule is CCC1NC(SCC(=O)Nc2nccs2)C2C(=O)N(C)C(=O)N(C)C2N1. The van der Waals surface area contributed by atoms with Gasteiger partial charge in [0.2, 0.25) is 11.8 Å². The zero-order valence-corrected chi connectivity index (χ0v) is 16.4. The van der Waals surface area contributed by atoms with Crippen molar-refractivity contribution in [2.45, 2.75) is 31.0 Å². The molecule has 4 amide bonds. The fourth-order valence-corrected chi connectivity index (χ4v) is 4.79. The molecule has 0 spiro atoms. The third-order valence-corrected chi connectivity index (χ3v) is 6.41. The molecule has 142 valence electrons. The fourth-order valence-electron chi connectivity index (χ4n) is 3.11. The van der Waals surface area contributed by atoms with Gasteiger partial charge in [0, 0.05) is 25.7 Å². The minimum Gasteiger partial charge on any atom is -0.311 e. The molecule has 0 bridgehead atoms. The molecule has 2 saturated heterocycles. The molecule has 0 saturated carbocycles. The van der Waals surface area contributed by atoms with Crippen LogP contribution in [0.4, 0.5) is 9.93 Å². The number of carbonyl (C=O) groups is 3. The third kappa shape index (κ3) is 3.70. The Bertz CT molecular complexity index is 685. The van der Waals surface area contributed by atoms with Crippen molar-refractivity contribution in [3.05, 3.63) is 11.6 Å². The predicted octanol–water partition coefficient (Wildman–Crippen LogP) is 0.536. The number of fused-ring (bicyclic) bond motifs is 1. The van der Waals surface area contributed by atoms with Crippen molar-refractivity contribution in [1.29, 1.82) is 0 Å². The number of rotatable bonds is 5. The Labute approximate surface area is 159 Å². The summed E-state index contributed by atoms with van der Waals surface area (Å²) in [5.41, 5.74) is 0. The number of thiazole rings is 1. The maximum atomic E-state index is 12.7. The number of urea groups is 1. The third-order valence-electron chi connectivity index (χ3n) is 4.51. The highest BCUT2D eigenvalue weighted by molar-refractivity contribution is 8.00. The Morgan fingerprint density at radius 2 is 2.15 bits per heavy atom. The molecule has 26 heavy (non-hydrogen) atoms. The zero-order valence-electron chi connectivity index (χ0n) is 14.8. The monoisotopic (exact) mass is 398 g/mol. The molecule has 4 unspecified atom stereocenters. The highest BCUT2D eigenvalue weighted by atomic mass is 32.2. The highest BCUT2D eigenvalue weighted by Gasteiger charge is 2.50. The van der Waals surface area contributed by atoms with Gasteiger partial charge in [0.05, 0.1) is 29.4 Å². The van der Waals surface area contributed by atoms with Gasteiger partial charge in [0.25, 0.3) is 0 Å². The Morgan fingerprint density at radius 1 is 1.38 bits per heavy atom. The molecule has 0 aromatic carbocycles. The number of aromatic nitrogens is 1. The van der Waals surface area contributed by atoms with Crippen LogP contribution in [0, 0.1) is 5.92 Å². The molecule has 2 aliphatic rings. The van der Waals surface area contributed by atoms with E-state index in [1.54, 1.807) is 23.5 Å². The minimum atomic E-state index is -0.469. The van der Waals surface area contributed by atoms with E-state index in [1.807, 2.05) is 6.92 Å². The molecule has 3 rings (SSSR count). The van der Waals surface area contributed by atoms with E-state index in [0.717, 1.165) is 11.3 Å². The number of nitrogens with zero attached hydrogens (tertiary/aromatic N) is 3. The molecule has 9 nitrogen and oxygen atoms in total. The molecule has 4 atom stereocenters. The van der Waals surface area contributed by atoms with Crippen molar-refractivity contribution in [3.8, 4) is 0 Å². The molecule has 2 fully saturated rings. The smallest absolute Gasteiger partial charge is 0.311 e. The molecule has 1 aromatic heterocycles. The summed E-state index contributed by atoms with van der Waals surface area (Å²) in [6, 6.07) is -0.328. The average molecular weight is 399 g/mol. The lowest BCUT2D eigenvalue weighted by molar-refractivity contribution is -0.140. The van der Waals surface area contributed by atoms with Crippen LogP contribution >= 0.6 is 23.1 Å². The van der Waals surface area contributed by atoms with E-state index in [0.29, 0.717) is 5.13 Å². The van der Waals surface area contributed by atoms with Gasteiger partial charge in [-0.1, -0.05) is 6.92 Å². The van der Waals surface area contributed by atoms with Crippen LogP contribution < -0.4 is 16.0 Å². The Morgan fingerprint density at radius 3 is 2.81 bits per heavy atom. The molecule has 3 heterocycles. The molecule has 0 radical (unpaired) electrons. The van der Waals surface area contributed by atoms with Gasteiger partial charge in [-0.25, -0.2) is 9.78 Å². The number of hydrogen-bond donors (Lipinski definition) is 3. The molecule has 1 aromatic rings. The lowest BCUT2D eigenvalue weighted by atomic mass is 9.97. The Hall–Kier alpha value is -1.69. The summed E-state index contributed by atoms with van der Waals surface area (Å²) in [4.78, 5) is 43.8. The first-order chi connectivity index (χ1) is 12.4. The topological polar surface area (TPSA) is 107 Å². The van der Waals surface area contributed by atoms with Crippen LogP contribution in [0.1, 0.15) is 13.3 Å². The van der Waals surface area contributed by atoms with Crippen LogP contribution in [0.25, 0.3) is 0 Å². The highest BCUT2D eigenvalue weighted by Crippen LogP contribution is 2.31. The molecule has 3 N–H and O–H groups in total. The molecule has 2 aliphatic heterocycles. The summed E-state index contributed by atoms with van der Waals surface area (Å²) < 4.78 is 0. The van der Waals surface area contributed by atoms with Crippen LogP contribution in [0.3, 0.4) is 0 Å². The quantitative estimate of drug-likeness (QED) is 0.664. The van der Waals surface area contributed by atoms with Crippen molar-refractivity contribution in [2.24, 2.45) is 5.92 Å². The van der Waals surface area contributed by atoms with Crippen molar-refractivity contribution in [2.75, 3.05) is 25.2 Å². The van der Waals surface area contributed by atoms with Crippen molar-refractivity contribution in [3.63, 3.8) is 0 Å². The number of thioether (sulfide) groups is 1. The maximum absolute atomic E-state index is 12.7. The number of imide groups is 1. The second-order valence-electron chi connectivity index (χ2n) is 6.17. The van der Waals surface area contributed by atoms with E-state index in [1.165, 1.54) is 30.1 Å². The summed E-state index contributed by atoms with van der Waals surface area (Å²) in [6.45, 7) is 2.01. The summed E-state index contributed by atoms with van der Waals surface area (Å²) in [5.74, 6) is -0.699. The number of carbonyl (C=O) groups excluding carboxylic acids is 3. The van der Waals surface area contributed by atoms with Gasteiger partial charge < -0.3 is 10.2 Å². The van der Waals surface area contributed by atoms with Gasteiger partial charge >= 0.3 is 6.03 Å². The van der Waals surface area contributed by atoms with Gasteiger partial charge in [-0.2, -0.15) is 0 Å². The van der Waals surface area contributed by atoms with Crippen LogP contribution in [-0.2, 0) is 9.59 Å². The van der Waals surface area contributed by atoms with Crippen LogP contribution in [0.5, 0.6) is 0 Å². The lowest BCUT2D eigenvalue weighted by Gasteiger charge is -2.50. The van der Waals surface area contributed by atoms with Gasteiger partial charge in [0.1, 0.15) is 0 Å². The first-order valence-corrected chi connectivity index (χ1v) is 10.2. The first-order valence-electron chi connectivity index (χ1n) is 8.29. The van der Waals surface area contributed by atoms with Gasteiger partial charge in [-0.05, 0) is 6.42 Å². The zero-order chi connectivity index (χ0) is 18.8. The number of hydrogen-bond acceptors (Lipinski definition) is 8. The van der Waals surface area contributed by atoms with Crippen LogP contribution in [-0.4, -0.2) is 70.2 Å². The van der Waals surface area contributed by atoms with E-state index in [2.05, 4.69) is 20.9 Å². The molecular formula is C15H22N6O3S2. The number of nitrogens with one attached hydrogen (secondary N) is 3. The standard InChI is InChI=1S/C15H22N6O3S2/c1-4-8-17-11-10(13(23)21(3)15(24)20(11)2)12(18-8)26-7-9(22)19-14-16-5-6-25-14/h5-6,8,10-12,17-18H,4,7H2,1-3H3,(H,16,19,22). The summed E-state index contributed by atoms with van der Waals surface area (Å²) in [7, 11) is 3.17. The number of anilines is 1. The molecule has 0 aliphatic carbocycles. The average Bonchev–Trinajstić information content (AvgIpc) is 3.15.